The Kier molecular flexibility index (Phi) is 3.37. The number of fused-ring (bicyclic) bond motifs is 2. The fraction of sp³-hybridized carbons (Fsp3) is 0.222. The van der Waals surface area contributed by atoms with Crippen molar-refractivity contribution >= 4 is 38.0 Å². The van der Waals surface area contributed by atoms with E-state index in [1.807, 2.05) is 11.3 Å². The van der Waals surface area contributed by atoms with E-state index in [4.69, 9.17) is 5.73 Å². The largest absolute Gasteiger partial charge is 0.320 e. The number of rotatable bonds is 2. The molecule has 2 N–H and O–H groups in total. The van der Waals surface area contributed by atoms with Crippen LogP contribution in [0.5, 0.6) is 0 Å². The standard InChI is InChI=1S/C18H16BrNS/c19-15-9-8-14(12-5-1-2-6-13(12)15)18(20)17-10-11-4-3-7-16(11)21-17/h1-2,5-6,8-10,18H,3-4,7,20H2. The van der Waals surface area contributed by atoms with E-state index in [1.54, 1.807) is 4.88 Å². The van der Waals surface area contributed by atoms with Crippen molar-refractivity contribution in [3.63, 3.8) is 0 Å². The molecule has 1 aliphatic carbocycles. The third-order valence-corrected chi connectivity index (χ3v) is 6.32. The predicted octanol–water partition coefficient (Wildman–Crippen LogP) is 5.20. The second kappa shape index (κ2) is 5.24. The topological polar surface area (TPSA) is 26.0 Å². The van der Waals surface area contributed by atoms with Crippen LogP contribution < -0.4 is 5.73 Å². The van der Waals surface area contributed by atoms with Crippen LogP contribution >= 0.6 is 27.3 Å². The van der Waals surface area contributed by atoms with Crippen LogP contribution in [0.25, 0.3) is 10.8 Å². The van der Waals surface area contributed by atoms with Crippen LogP contribution in [-0.4, -0.2) is 0 Å². The summed E-state index contributed by atoms with van der Waals surface area (Å²) in [4.78, 5) is 2.84. The first-order valence-electron chi connectivity index (χ1n) is 7.28. The highest BCUT2D eigenvalue weighted by atomic mass is 79.9. The maximum atomic E-state index is 6.59. The molecule has 0 radical (unpaired) electrons. The molecule has 4 rings (SSSR count). The molecule has 0 amide bonds. The molecule has 1 heterocycles. The summed E-state index contributed by atoms with van der Waals surface area (Å²) in [6.45, 7) is 0. The van der Waals surface area contributed by atoms with Gasteiger partial charge in [0.05, 0.1) is 6.04 Å². The van der Waals surface area contributed by atoms with Gasteiger partial charge < -0.3 is 5.73 Å². The molecule has 0 fully saturated rings. The Morgan fingerprint density at radius 2 is 1.86 bits per heavy atom. The summed E-state index contributed by atoms with van der Waals surface area (Å²) in [5, 5.41) is 2.47. The highest BCUT2D eigenvalue weighted by Gasteiger charge is 2.20. The van der Waals surface area contributed by atoms with E-state index in [0.29, 0.717) is 0 Å². The molecule has 1 nitrogen and oxygen atoms in total. The average Bonchev–Trinajstić information content (AvgIpc) is 3.08. The van der Waals surface area contributed by atoms with Gasteiger partial charge in [0, 0.05) is 14.2 Å². The Balaban J connectivity index is 1.83. The van der Waals surface area contributed by atoms with Crippen molar-refractivity contribution in [3.8, 4) is 0 Å². The fourth-order valence-corrected chi connectivity index (χ4v) is 4.97. The van der Waals surface area contributed by atoms with Crippen LogP contribution in [0.2, 0.25) is 0 Å². The van der Waals surface area contributed by atoms with E-state index in [1.165, 1.54) is 46.0 Å². The molecule has 0 bridgehead atoms. The number of benzene rings is 2. The number of aryl methyl sites for hydroxylation is 2. The first-order valence-corrected chi connectivity index (χ1v) is 8.89. The first kappa shape index (κ1) is 13.5. The van der Waals surface area contributed by atoms with Crippen LogP contribution in [0, 0.1) is 0 Å². The first-order chi connectivity index (χ1) is 10.2. The van der Waals surface area contributed by atoms with Gasteiger partial charge in [0.1, 0.15) is 0 Å². The van der Waals surface area contributed by atoms with Gasteiger partial charge in [-0.05, 0) is 53.3 Å². The Bertz CT molecular complexity index is 800. The number of thiophene rings is 1. The molecule has 2 aromatic carbocycles. The maximum Gasteiger partial charge on any atom is 0.0652 e. The molecule has 1 atom stereocenters. The van der Waals surface area contributed by atoms with Gasteiger partial charge in [-0.15, -0.1) is 11.3 Å². The summed E-state index contributed by atoms with van der Waals surface area (Å²) in [5.41, 5.74) is 9.33. The summed E-state index contributed by atoms with van der Waals surface area (Å²) >= 11 is 5.54. The van der Waals surface area contributed by atoms with E-state index in [9.17, 15) is 0 Å². The van der Waals surface area contributed by atoms with Crippen LogP contribution in [0.15, 0.2) is 46.9 Å². The third-order valence-electron chi connectivity index (χ3n) is 4.31. The highest BCUT2D eigenvalue weighted by molar-refractivity contribution is 9.10. The van der Waals surface area contributed by atoms with Gasteiger partial charge >= 0.3 is 0 Å². The molecule has 1 aliphatic rings. The second-order valence-corrected chi connectivity index (χ2v) is 7.63. The summed E-state index contributed by atoms with van der Waals surface area (Å²) < 4.78 is 1.13. The Hall–Kier alpha value is -1.16. The molecular formula is C18H16BrNS. The van der Waals surface area contributed by atoms with Crippen molar-refractivity contribution in [1.82, 2.24) is 0 Å². The summed E-state index contributed by atoms with van der Waals surface area (Å²) in [7, 11) is 0. The maximum absolute atomic E-state index is 6.59. The van der Waals surface area contributed by atoms with Gasteiger partial charge in [-0.2, -0.15) is 0 Å². The average molecular weight is 358 g/mol. The zero-order chi connectivity index (χ0) is 14.4. The molecule has 0 saturated heterocycles. The Morgan fingerprint density at radius 1 is 1.05 bits per heavy atom. The lowest BCUT2D eigenvalue weighted by Gasteiger charge is -2.14. The molecule has 1 aromatic heterocycles. The zero-order valence-electron chi connectivity index (χ0n) is 11.6. The van der Waals surface area contributed by atoms with Gasteiger partial charge in [0.25, 0.3) is 0 Å². The molecule has 1 unspecified atom stereocenters. The van der Waals surface area contributed by atoms with E-state index < -0.39 is 0 Å². The van der Waals surface area contributed by atoms with Crippen molar-refractivity contribution in [2.24, 2.45) is 5.73 Å². The van der Waals surface area contributed by atoms with E-state index in [0.717, 1.165) is 4.47 Å². The lowest BCUT2D eigenvalue weighted by molar-refractivity contribution is 0.888. The van der Waals surface area contributed by atoms with Crippen molar-refractivity contribution in [3.05, 3.63) is 67.8 Å². The minimum absolute atomic E-state index is 0.0291. The summed E-state index contributed by atoms with van der Waals surface area (Å²) in [6.07, 6.45) is 3.76. The van der Waals surface area contributed by atoms with Gasteiger partial charge in [-0.3, -0.25) is 0 Å². The van der Waals surface area contributed by atoms with Gasteiger partial charge in [-0.25, -0.2) is 0 Å². The molecule has 106 valence electrons. The second-order valence-electron chi connectivity index (χ2n) is 5.61. The van der Waals surface area contributed by atoms with Crippen molar-refractivity contribution in [2.75, 3.05) is 0 Å². The van der Waals surface area contributed by atoms with Crippen LogP contribution in [0.1, 0.15) is 33.3 Å². The molecule has 0 spiro atoms. The zero-order valence-corrected chi connectivity index (χ0v) is 14.0. The van der Waals surface area contributed by atoms with Crippen molar-refractivity contribution < 1.29 is 0 Å². The van der Waals surface area contributed by atoms with E-state index >= 15 is 0 Å². The quantitative estimate of drug-likeness (QED) is 0.669. The lowest BCUT2D eigenvalue weighted by atomic mass is 9.98. The smallest absolute Gasteiger partial charge is 0.0652 e. The van der Waals surface area contributed by atoms with Gasteiger partial charge in [0.2, 0.25) is 0 Å². The molecular weight excluding hydrogens is 342 g/mol. The normalized spacial score (nSPS) is 15.3. The van der Waals surface area contributed by atoms with Crippen LogP contribution in [0.4, 0.5) is 0 Å². The van der Waals surface area contributed by atoms with Crippen LogP contribution in [-0.2, 0) is 12.8 Å². The van der Waals surface area contributed by atoms with Crippen LogP contribution in [0.3, 0.4) is 0 Å². The molecule has 0 saturated carbocycles. The van der Waals surface area contributed by atoms with Gasteiger partial charge in [-0.1, -0.05) is 46.3 Å². The Labute approximate surface area is 136 Å². The summed E-state index contributed by atoms with van der Waals surface area (Å²) in [6, 6.07) is 15.0. The monoisotopic (exact) mass is 357 g/mol. The summed E-state index contributed by atoms with van der Waals surface area (Å²) in [5.74, 6) is 0. The predicted molar refractivity (Wildman–Crippen MR) is 94.0 cm³/mol. The SMILES string of the molecule is NC(c1cc2c(s1)CCC2)c1ccc(Br)c2ccccc12. The molecule has 3 heteroatoms. The third kappa shape index (κ3) is 2.24. The van der Waals surface area contributed by atoms with Gasteiger partial charge in [0.15, 0.2) is 0 Å². The molecule has 0 aliphatic heterocycles. The number of halogens is 1. The number of hydrogen-bond donors (Lipinski definition) is 1. The number of nitrogens with two attached hydrogens (primary N) is 1. The minimum Gasteiger partial charge on any atom is -0.320 e. The van der Waals surface area contributed by atoms with E-state index in [-0.39, 0.29) is 6.04 Å². The molecule has 21 heavy (non-hydrogen) atoms. The fourth-order valence-electron chi connectivity index (χ4n) is 3.22. The molecule has 3 aromatic rings. The van der Waals surface area contributed by atoms with Crippen molar-refractivity contribution in [2.45, 2.75) is 25.3 Å². The number of hydrogen-bond acceptors (Lipinski definition) is 2. The van der Waals surface area contributed by atoms with Crippen molar-refractivity contribution in [1.29, 1.82) is 0 Å². The Morgan fingerprint density at radius 3 is 2.67 bits per heavy atom. The lowest BCUT2D eigenvalue weighted by Crippen LogP contribution is -2.10. The highest BCUT2D eigenvalue weighted by Crippen LogP contribution is 2.38. The van der Waals surface area contributed by atoms with E-state index in [2.05, 4.69) is 58.4 Å². The minimum atomic E-state index is -0.0291.